The lowest BCUT2D eigenvalue weighted by atomic mass is 10.1. The van der Waals surface area contributed by atoms with E-state index in [0.29, 0.717) is 11.3 Å². The van der Waals surface area contributed by atoms with E-state index in [0.717, 1.165) is 6.07 Å². The number of hydrogen-bond donors (Lipinski definition) is 1. The standard InChI is InChI=1S/C25H18F2OS/c26-18-13-17(14-19(27)15-18)16-28-20-9-11-21(12-10-20)29-24-7-3-1-5-22(24)23-6-2-4-8-25(23)29/h1-15,29H,16H2. The molecule has 4 aromatic rings. The molecular formula is C25H18F2OS. The van der Waals surface area contributed by atoms with Crippen molar-refractivity contribution >= 4 is 10.9 Å². The van der Waals surface area contributed by atoms with Gasteiger partial charge in [-0.05, 0) is 70.1 Å². The molecule has 144 valence electrons. The average Bonchev–Trinajstić information content (AvgIpc) is 3.07. The van der Waals surface area contributed by atoms with E-state index in [1.807, 2.05) is 12.1 Å². The van der Waals surface area contributed by atoms with Crippen LogP contribution in [-0.2, 0) is 6.61 Å². The Hall–Kier alpha value is -3.11. The molecule has 0 radical (unpaired) electrons. The van der Waals surface area contributed by atoms with Crippen LogP contribution in [0.4, 0.5) is 8.78 Å². The lowest BCUT2D eigenvalue weighted by molar-refractivity contribution is 0.304. The Labute approximate surface area is 170 Å². The summed E-state index contributed by atoms with van der Waals surface area (Å²) < 4.78 is 32.4. The molecule has 4 aromatic carbocycles. The number of ether oxygens (including phenoxy) is 1. The minimum atomic E-state index is -0.601. The summed E-state index contributed by atoms with van der Waals surface area (Å²) in [6.07, 6.45) is 0. The number of rotatable bonds is 4. The van der Waals surface area contributed by atoms with E-state index in [-0.39, 0.29) is 6.61 Å². The Bertz CT molecular complexity index is 1120. The van der Waals surface area contributed by atoms with Crippen molar-refractivity contribution in [3.8, 4) is 16.9 Å². The largest absolute Gasteiger partial charge is 0.489 e. The zero-order chi connectivity index (χ0) is 19.8. The van der Waals surface area contributed by atoms with Crippen molar-refractivity contribution < 1.29 is 13.5 Å². The van der Waals surface area contributed by atoms with E-state index in [1.165, 1.54) is 37.9 Å². The van der Waals surface area contributed by atoms with Gasteiger partial charge in [-0.2, -0.15) is 10.9 Å². The second kappa shape index (κ2) is 7.37. The molecule has 0 atom stereocenters. The van der Waals surface area contributed by atoms with E-state index in [2.05, 4.69) is 60.7 Å². The van der Waals surface area contributed by atoms with Crippen LogP contribution in [0.1, 0.15) is 5.56 Å². The average molecular weight is 404 g/mol. The molecule has 29 heavy (non-hydrogen) atoms. The molecule has 0 amide bonds. The molecule has 0 unspecified atom stereocenters. The van der Waals surface area contributed by atoms with Gasteiger partial charge < -0.3 is 4.74 Å². The summed E-state index contributed by atoms with van der Waals surface area (Å²) in [6, 6.07) is 28.6. The highest BCUT2D eigenvalue weighted by atomic mass is 32.2. The first-order valence-electron chi connectivity index (χ1n) is 9.35. The van der Waals surface area contributed by atoms with Gasteiger partial charge in [0.15, 0.2) is 0 Å². The highest BCUT2D eigenvalue weighted by molar-refractivity contribution is 8.17. The van der Waals surface area contributed by atoms with Gasteiger partial charge in [-0.1, -0.05) is 36.4 Å². The van der Waals surface area contributed by atoms with Gasteiger partial charge in [-0.3, -0.25) is 0 Å². The smallest absolute Gasteiger partial charge is 0.126 e. The van der Waals surface area contributed by atoms with Crippen LogP contribution in [0.3, 0.4) is 0 Å². The van der Waals surface area contributed by atoms with Gasteiger partial charge in [0.2, 0.25) is 0 Å². The van der Waals surface area contributed by atoms with Gasteiger partial charge >= 0.3 is 0 Å². The second-order valence-electron chi connectivity index (χ2n) is 6.93. The molecule has 1 nitrogen and oxygen atoms in total. The summed E-state index contributed by atoms with van der Waals surface area (Å²) in [5.74, 6) is -0.519. The summed E-state index contributed by atoms with van der Waals surface area (Å²) in [5.41, 5.74) is 3.08. The van der Waals surface area contributed by atoms with Gasteiger partial charge in [0, 0.05) is 15.9 Å². The van der Waals surface area contributed by atoms with E-state index < -0.39 is 22.5 Å². The van der Waals surface area contributed by atoms with Gasteiger partial charge in [0.25, 0.3) is 0 Å². The third-order valence-corrected chi connectivity index (χ3v) is 7.56. The van der Waals surface area contributed by atoms with E-state index in [4.69, 9.17) is 4.74 Å². The summed E-state index contributed by atoms with van der Waals surface area (Å²) in [4.78, 5) is 3.99. The number of hydrogen-bond acceptors (Lipinski definition) is 1. The molecule has 0 saturated heterocycles. The molecule has 0 aromatic heterocycles. The molecule has 0 N–H and O–H groups in total. The molecule has 1 aliphatic heterocycles. The normalized spacial score (nSPS) is 13.1. The molecule has 1 heterocycles. The molecule has 0 fully saturated rings. The molecule has 0 aliphatic carbocycles. The maximum atomic E-state index is 13.3. The van der Waals surface area contributed by atoms with Crippen LogP contribution in [0.2, 0.25) is 0 Å². The molecule has 4 heteroatoms. The van der Waals surface area contributed by atoms with Crippen molar-refractivity contribution in [2.45, 2.75) is 21.3 Å². The maximum Gasteiger partial charge on any atom is 0.126 e. The predicted molar refractivity (Wildman–Crippen MR) is 113 cm³/mol. The minimum Gasteiger partial charge on any atom is -0.489 e. The highest BCUT2D eigenvalue weighted by Gasteiger charge is 2.26. The molecule has 0 bridgehead atoms. The van der Waals surface area contributed by atoms with Crippen LogP contribution in [0.25, 0.3) is 11.1 Å². The van der Waals surface area contributed by atoms with Crippen molar-refractivity contribution in [2.24, 2.45) is 0 Å². The Kier molecular flexibility index (Phi) is 4.57. The van der Waals surface area contributed by atoms with Crippen LogP contribution in [0.5, 0.6) is 5.75 Å². The monoisotopic (exact) mass is 404 g/mol. The first-order valence-corrected chi connectivity index (χ1v) is 10.7. The highest BCUT2D eigenvalue weighted by Crippen LogP contribution is 2.62. The zero-order valence-corrected chi connectivity index (χ0v) is 16.4. The van der Waals surface area contributed by atoms with E-state index >= 15 is 0 Å². The Morgan fingerprint density at radius 2 is 1.21 bits per heavy atom. The second-order valence-corrected chi connectivity index (χ2v) is 9.08. The lowest BCUT2D eigenvalue weighted by Crippen LogP contribution is -1.97. The van der Waals surface area contributed by atoms with Crippen LogP contribution < -0.4 is 4.74 Å². The van der Waals surface area contributed by atoms with E-state index in [9.17, 15) is 8.78 Å². The van der Waals surface area contributed by atoms with Crippen molar-refractivity contribution in [1.82, 2.24) is 0 Å². The number of benzene rings is 4. The van der Waals surface area contributed by atoms with Crippen molar-refractivity contribution in [3.63, 3.8) is 0 Å². The van der Waals surface area contributed by atoms with Crippen LogP contribution >= 0.6 is 10.9 Å². The van der Waals surface area contributed by atoms with Crippen LogP contribution in [0.15, 0.2) is 106 Å². The zero-order valence-electron chi connectivity index (χ0n) is 15.5. The van der Waals surface area contributed by atoms with Crippen molar-refractivity contribution in [3.05, 3.63) is 108 Å². The minimum absolute atomic E-state index is 0.119. The fraction of sp³-hybridized carbons (Fsp3) is 0.0400. The summed E-state index contributed by atoms with van der Waals surface area (Å²) in [7, 11) is -0.601. The molecular weight excluding hydrogens is 386 g/mol. The quantitative estimate of drug-likeness (QED) is 0.317. The maximum absolute atomic E-state index is 13.3. The first kappa shape index (κ1) is 18.0. The number of thiol groups is 1. The topological polar surface area (TPSA) is 9.23 Å². The number of halogens is 2. The molecule has 1 aliphatic rings. The van der Waals surface area contributed by atoms with Gasteiger partial charge in [-0.15, -0.1) is 0 Å². The third-order valence-electron chi connectivity index (χ3n) is 5.00. The molecule has 0 saturated carbocycles. The van der Waals surface area contributed by atoms with Crippen LogP contribution in [-0.4, -0.2) is 0 Å². The van der Waals surface area contributed by atoms with Gasteiger partial charge in [0.05, 0.1) is 0 Å². The first-order chi connectivity index (χ1) is 14.2. The Balaban J connectivity index is 1.41. The fourth-order valence-electron chi connectivity index (χ4n) is 3.75. The number of fused-ring (bicyclic) bond motifs is 3. The summed E-state index contributed by atoms with van der Waals surface area (Å²) >= 11 is 0. The van der Waals surface area contributed by atoms with Crippen molar-refractivity contribution in [1.29, 1.82) is 0 Å². The molecule has 0 spiro atoms. The van der Waals surface area contributed by atoms with Gasteiger partial charge in [-0.25, -0.2) is 8.78 Å². The summed E-state index contributed by atoms with van der Waals surface area (Å²) in [5, 5.41) is 0. The lowest BCUT2D eigenvalue weighted by Gasteiger charge is -2.19. The Morgan fingerprint density at radius 3 is 1.79 bits per heavy atom. The van der Waals surface area contributed by atoms with Crippen molar-refractivity contribution in [2.75, 3.05) is 0 Å². The van der Waals surface area contributed by atoms with Gasteiger partial charge in [0.1, 0.15) is 24.0 Å². The predicted octanol–water partition coefficient (Wildman–Crippen LogP) is 7.00. The third kappa shape index (κ3) is 3.40. The fourth-order valence-corrected chi connectivity index (χ4v) is 6.36. The Morgan fingerprint density at radius 1 is 0.655 bits per heavy atom. The SMILES string of the molecule is Fc1cc(F)cc(COc2ccc([SH]3c4ccccc4-c4ccccc43)cc2)c1. The summed E-state index contributed by atoms with van der Waals surface area (Å²) in [6.45, 7) is 0.119. The molecule has 5 rings (SSSR count). The van der Waals surface area contributed by atoms with E-state index in [1.54, 1.807) is 0 Å². The van der Waals surface area contributed by atoms with Crippen LogP contribution in [0, 0.1) is 11.6 Å².